The predicted octanol–water partition coefficient (Wildman–Crippen LogP) is 5.25. The second-order valence-corrected chi connectivity index (χ2v) is 7.10. The van der Waals surface area contributed by atoms with Gasteiger partial charge < -0.3 is 0 Å². The lowest BCUT2D eigenvalue weighted by Gasteiger charge is -2.05. The van der Waals surface area contributed by atoms with Crippen molar-refractivity contribution in [3.63, 3.8) is 0 Å². The lowest BCUT2D eigenvalue weighted by molar-refractivity contribution is 1.10. The maximum Gasteiger partial charge on any atom is 0.128 e. The van der Waals surface area contributed by atoms with Gasteiger partial charge in [0.2, 0.25) is 0 Å². The summed E-state index contributed by atoms with van der Waals surface area (Å²) in [6.07, 6.45) is 1.65. The lowest BCUT2D eigenvalue weighted by Crippen LogP contribution is -1.87. The third-order valence-electron chi connectivity index (χ3n) is 3.25. The molecule has 2 nitrogen and oxygen atoms in total. The molecule has 0 bridgehead atoms. The molecular weight excluding hydrogens is 308 g/mol. The first-order chi connectivity index (χ1) is 9.66. The van der Waals surface area contributed by atoms with Gasteiger partial charge in [0.05, 0.1) is 0 Å². The Labute approximate surface area is 131 Å². The van der Waals surface area contributed by atoms with Crippen molar-refractivity contribution in [1.82, 2.24) is 9.97 Å². The molecule has 0 radical (unpaired) electrons. The minimum Gasteiger partial charge on any atom is -0.229 e. The van der Waals surface area contributed by atoms with E-state index in [2.05, 4.69) is 29.9 Å². The van der Waals surface area contributed by atoms with Gasteiger partial charge in [0.1, 0.15) is 16.2 Å². The van der Waals surface area contributed by atoms with Crippen LogP contribution in [0, 0.1) is 13.8 Å². The van der Waals surface area contributed by atoms with Gasteiger partial charge in [0.25, 0.3) is 0 Å². The van der Waals surface area contributed by atoms with Crippen molar-refractivity contribution in [2.24, 2.45) is 0 Å². The van der Waals surface area contributed by atoms with Gasteiger partial charge >= 0.3 is 0 Å². The van der Waals surface area contributed by atoms with Crippen LogP contribution in [0.5, 0.6) is 0 Å². The summed E-state index contributed by atoms with van der Waals surface area (Å²) in [7, 11) is 0. The zero-order chi connectivity index (χ0) is 14.1. The number of aryl methyl sites for hydroxylation is 2. The molecule has 0 aliphatic carbocycles. The molecule has 0 saturated heterocycles. The van der Waals surface area contributed by atoms with Crippen LogP contribution in [0.15, 0.2) is 35.6 Å². The van der Waals surface area contributed by atoms with Gasteiger partial charge in [-0.2, -0.15) is 0 Å². The summed E-state index contributed by atoms with van der Waals surface area (Å²) in [5.74, 6) is 0.820. The summed E-state index contributed by atoms with van der Waals surface area (Å²) in [6, 6.07) is 7.94. The lowest BCUT2D eigenvalue weighted by atomic mass is 10.2. The highest BCUT2D eigenvalue weighted by molar-refractivity contribution is 7.98. The number of thiophene rings is 1. The zero-order valence-corrected chi connectivity index (χ0v) is 13.6. The Balaban J connectivity index is 1.94. The van der Waals surface area contributed by atoms with Crippen LogP contribution in [-0.2, 0) is 5.75 Å². The average molecular weight is 321 g/mol. The molecule has 0 aliphatic heterocycles. The third kappa shape index (κ3) is 2.55. The average Bonchev–Trinajstić information content (AvgIpc) is 2.74. The summed E-state index contributed by atoms with van der Waals surface area (Å²) in [5.41, 5.74) is 2.42. The Kier molecular flexibility index (Phi) is 3.96. The minimum absolute atomic E-state index is 0.809. The molecule has 0 spiro atoms. The molecule has 2 aromatic heterocycles. The molecule has 3 aromatic rings. The topological polar surface area (TPSA) is 25.8 Å². The molecule has 5 heteroatoms. The van der Waals surface area contributed by atoms with Crippen LogP contribution in [0.25, 0.3) is 10.2 Å². The highest BCUT2D eigenvalue weighted by Crippen LogP contribution is 2.36. The standard InChI is InChI=1S/C15H13ClN2S2/c1-9-10(2)20-15-13(9)14(17-8-18-15)19-7-11-5-3-4-6-12(11)16/h3-6,8H,7H2,1-2H3. The molecule has 0 N–H and O–H groups in total. The Bertz CT molecular complexity index is 768. The molecule has 0 aliphatic rings. The van der Waals surface area contributed by atoms with Crippen molar-refractivity contribution in [1.29, 1.82) is 0 Å². The molecule has 20 heavy (non-hydrogen) atoms. The van der Waals surface area contributed by atoms with Gasteiger partial charge in [-0.3, -0.25) is 0 Å². The molecular formula is C15H13ClN2S2. The molecule has 1 aromatic carbocycles. The third-order valence-corrected chi connectivity index (χ3v) is 5.78. The van der Waals surface area contributed by atoms with E-state index in [-0.39, 0.29) is 0 Å². The highest BCUT2D eigenvalue weighted by atomic mass is 35.5. The molecule has 0 atom stereocenters. The molecule has 2 heterocycles. The van der Waals surface area contributed by atoms with E-state index in [4.69, 9.17) is 11.6 Å². The largest absolute Gasteiger partial charge is 0.229 e. The Morgan fingerprint density at radius 3 is 2.80 bits per heavy atom. The maximum atomic E-state index is 6.20. The van der Waals surface area contributed by atoms with Gasteiger partial charge in [0.15, 0.2) is 0 Å². The first kappa shape index (κ1) is 13.9. The van der Waals surface area contributed by atoms with E-state index >= 15 is 0 Å². The Morgan fingerprint density at radius 1 is 1.20 bits per heavy atom. The normalized spacial score (nSPS) is 11.2. The number of nitrogens with zero attached hydrogens (tertiary/aromatic N) is 2. The number of hydrogen-bond donors (Lipinski definition) is 0. The first-order valence-electron chi connectivity index (χ1n) is 6.23. The first-order valence-corrected chi connectivity index (χ1v) is 8.41. The zero-order valence-electron chi connectivity index (χ0n) is 11.2. The summed E-state index contributed by atoms with van der Waals surface area (Å²) >= 11 is 9.64. The molecule has 102 valence electrons. The van der Waals surface area contributed by atoms with Crippen molar-refractivity contribution in [2.45, 2.75) is 24.6 Å². The van der Waals surface area contributed by atoms with Crippen LogP contribution in [0.3, 0.4) is 0 Å². The van der Waals surface area contributed by atoms with Gasteiger partial charge in [-0.1, -0.05) is 29.8 Å². The number of rotatable bonds is 3. The number of fused-ring (bicyclic) bond motifs is 1. The van der Waals surface area contributed by atoms with Gasteiger partial charge in [-0.15, -0.1) is 23.1 Å². The van der Waals surface area contributed by atoms with Gasteiger partial charge in [0, 0.05) is 21.0 Å². The number of benzene rings is 1. The summed E-state index contributed by atoms with van der Waals surface area (Å²) in [5, 5.41) is 3.03. The molecule has 0 unspecified atom stereocenters. The molecule has 3 rings (SSSR count). The number of thioether (sulfide) groups is 1. The van der Waals surface area contributed by atoms with Gasteiger partial charge in [-0.05, 0) is 31.0 Å². The van der Waals surface area contributed by atoms with Crippen molar-refractivity contribution < 1.29 is 0 Å². The summed E-state index contributed by atoms with van der Waals surface area (Å²) < 4.78 is 0. The van der Waals surface area contributed by atoms with Crippen LogP contribution in [0.1, 0.15) is 16.0 Å². The SMILES string of the molecule is Cc1sc2ncnc(SCc3ccccc3Cl)c2c1C. The second kappa shape index (κ2) is 5.72. The Hall–Kier alpha value is -1.10. The molecule has 0 fully saturated rings. The van der Waals surface area contributed by atoms with Crippen molar-refractivity contribution >= 4 is 44.9 Å². The summed E-state index contributed by atoms with van der Waals surface area (Å²) in [6.45, 7) is 4.27. The Morgan fingerprint density at radius 2 is 2.00 bits per heavy atom. The fraction of sp³-hybridized carbons (Fsp3) is 0.200. The second-order valence-electron chi connectivity index (χ2n) is 4.52. The predicted molar refractivity (Wildman–Crippen MR) is 87.9 cm³/mol. The van der Waals surface area contributed by atoms with Crippen LogP contribution < -0.4 is 0 Å². The number of aromatic nitrogens is 2. The van der Waals surface area contributed by atoms with Crippen LogP contribution in [0.2, 0.25) is 5.02 Å². The van der Waals surface area contributed by atoms with Gasteiger partial charge in [-0.25, -0.2) is 9.97 Å². The van der Waals surface area contributed by atoms with Crippen molar-refractivity contribution in [3.05, 3.63) is 51.6 Å². The highest BCUT2D eigenvalue weighted by Gasteiger charge is 2.12. The van der Waals surface area contributed by atoms with E-state index in [0.717, 1.165) is 26.2 Å². The summed E-state index contributed by atoms with van der Waals surface area (Å²) in [4.78, 5) is 11.2. The van der Waals surface area contributed by atoms with Crippen molar-refractivity contribution in [2.75, 3.05) is 0 Å². The van der Waals surface area contributed by atoms with E-state index in [1.807, 2.05) is 18.2 Å². The smallest absolute Gasteiger partial charge is 0.128 e. The van der Waals surface area contributed by atoms with E-state index in [1.165, 1.54) is 15.8 Å². The monoisotopic (exact) mass is 320 g/mol. The van der Waals surface area contributed by atoms with E-state index in [9.17, 15) is 0 Å². The number of hydrogen-bond acceptors (Lipinski definition) is 4. The van der Waals surface area contributed by atoms with Crippen LogP contribution >= 0.6 is 34.7 Å². The van der Waals surface area contributed by atoms with Crippen molar-refractivity contribution in [3.8, 4) is 0 Å². The van der Waals surface area contributed by atoms with E-state index < -0.39 is 0 Å². The van der Waals surface area contributed by atoms with E-state index in [0.29, 0.717) is 0 Å². The minimum atomic E-state index is 0.809. The van der Waals surface area contributed by atoms with Crippen LogP contribution in [-0.4, -0.2) is 9.97 Å². The number of halogens is 1. The molecule has 0 amide bonds. The maximum absolute atomic E-state index is 6.20. The van der Waals surface area contributed by atoms with E-state index in [1.54, 1.807) is 29.4 Å². The fourth-order valence-electron chi connectivity index (χ4n) is 2.02. The van der Waals surface area contributed by atoms with Crippen LogP contribution in [0.4, 0.5) is 0 Å². The fourth-order valence-corrected chi connectivity index (χ4v) is 4.42. The molecule has 0 saturated carbocycles. The quantitative estimate of drug-likeness (QED) is 0.486.